The van der Waals surface area contributed by atoms with Gasteiger partial charge in [-0.25, -0.2) is 14.6 Å². The zero-order valence-corrected chi connectivity index (χ0v) is 17.4. The second-order valence-corrected chi connectivity index (χ2v) is 7.19. The van der Waals surface area contributed by atoms with Crippen molar-refractivity contribution in [1.29, 1.82) is 0 Å². The van der Waals surface area contributed by atoms with Crippen molar-refractivity contribution >= 4 is 23.4 Å². The number of rotatable bonds is 6. The first-order valence-electron chi connectivity index (χ1n) is 7.80. The summed E-state index contributed by atoms with van der Waals surface area (Å²) in [6, 6.07) is -0.303. The number of aromatic nitrogens is 1. The fourth-order valence-corrected chi connectivity index (χ4v) is 2.82. The summed E-state index contributed by atoms with van der Waals surface area (Å²) >= 11 is 1.33. The third-order valence-corrected chi connectivity index (χ3v) is 4.09. The van der Waals surface area contributed by atoms with Gasteiger partial charge >= 0.3 is 12.1 Å². The van der Waals surface area contributed by atoms with Crippen LogP contribution in [0.3, 0.4) is 0 Å². The highest BCUT2D eigenvalue weighted by Crippen LogP contribution is 2.28. The van der Waals surface area contributed by atoms with Gasteiger partial charge in [0.25, 0.3) is 0 Å². The van der Waals surface area contributed by atoms with Gasteiger partial charge in [-0.3, -0.25) is 0 Å². The molecular weight excluding hydrogens is 396 g/mol. The SMILES string of the molecule is CCOC(=O)c1csc([C@@H](NC(=O)OC(C)(C)C)[C@@H](C)CC)n1.[Br-]. The number of carbonyl (C=O) groups is 2. The van der Waals surface area contributed by atoms with Crippen LogP contribution in [0.4, 0.5) is 4.79 Å². The number of hydrogen-bond acceptors (Lipinski definition) is 6. The molecule has 1 aromatic heterocycles. The van der Waals surface area contributed by atoms with Crippen LogP contribution in [-0.2, 0) is 9.47 Å². The van der Waals surface area contributed by atoms with E-state index in [-0.39, 0.29) is 34.6 Å². The van der Waals surface area contributed by atoms with Gasteiger partial charge in [0.15, 0.2) is 5.69 Å². The number of amides is 1. The van der Waals surface area contributed by atoms with Gasteiger partial charge < -0.3 is 31.8 Å². The summed E-state index contributed by atoms with van der Waals surface area (Å²) in [5.41, 5.74) is -0.297. The van der Waals surface area contributed by atoms with Gasteiger partial charge in [0.05, 0.1) is 12.6 Å². The Hall–Kier alpha value is -1.15. The number of ether oxygens (including phenoxy) is 2. The molecule has 0 bridgehead atoms. The molecule has 1 amide bonds. The van der Waals surface area contributed by atoms with Gasteiger partial charge in [-0.1, -0.05) is 20.3 Å². The van der Waals surface area contributed by atoms with E-state index in [1.165, 1.54) is 11.3 Å². The lowest BCUT2D eigenvalue weighted by Crippen LogP contribution is -3.00. The smallest absolute Gasteiger partial charge is 0.408 e. The minimum absolute atomic E-state index is 0. The molecule has 0 saturated heterocycles. The number of alkyl carbamates (subject to hydrolysis) is 1. The zero-order valence-electron chi connectivity index (χ0n) is 15.0. The van der Waals surface area contributed by atoms with Crippen LogP contribution in [-0.4, -0.2) is 29.3 Å². The maximum atomic E-state index is 12.1. The Morgan fingerprint density at radius 1 is 1.33 bits per heavy atom. The van der Waals surface area contributed by atoms with Crippen LogP contribution in [0.1, 0.15) is 69.5 Å². The molecule has 24 heavy (non-hydrogen) atoms. The third-order valence-electron chi connectivity index (χ3n) is 3.16. The molecule has 0 aliphatic carbocycles. The van der Waals surface area contributed by atoms with Gasteiger partial charge in [-0.05, 0) is 33.6 Å². The second kappa shape index (κ2) is 9.98. The maximum absolute atomic E-state index is 12.1. The van der Waals surface area contributed by atoms with E-state index in [9.17, 15) is 9.59 Å². The molecule has 0 saturated carbocycles. The molecule has 2 atom stereocenters. The van der Waals surface area contributed by atoms with E-state index >= 15 is 0 Å². The van der Waals surface area contributed by atoms with Crippen molar-refractivity contribution in [2.45, 2.75) is 59.6 Å². The van der Waals surface area contributed by atoms with Crippen LogP contribution >= 0.6 is 11.3 Å². The fraction of sp³-hybridized carbons (Fsp3) is 0.688. The number of halogens is 1. The summed E-state index contributed by atoms with van der Waals surface area (Å²) in [6.07, 6.45) is 0.366. The summed E-state index contributed by atoms with van der Waals surface area (Å²) in [5, 5.41) is 5.19. The van der Waals surface area contributed by atoms with E-state index in [1.807, 2.05) is 34.6 Å². The monoisotopic (exact) mass is 421 g/mol. The van der Waals surface area contributed by atoms with E-state index in [2.05, 4.69) is 10.3 Å². The first-order chi connectivity index (χ1) is 10.7. The predicted octanol–water partition coefficient (Wildman–Crippen LogP) is 0.936. The number of hydrogen-bond donors (Lipinski definition) is 1. The van der Waals surface area contributed by atoms with Crippen molar-refractivity contribution in [3.63, 3.8) is 0 Å². The molecule has 1 rings (SSSR count). The number of carbonyl (C=O) groups excluding carboxylic acids is 2. The van der Waals surface area contributed by atoms with Crippen molar-refractivity contribution < 1.29 is 36.0 Å². The van der Waals surface area contributed by atoms with Crippen molar-refractivity contribution in [2.24, 2.45) is 5.92 Å². The van der Waals surface area contributed by atoms with Crippen molar-refractivity contribution in [3.05, 3.63) is 16.1 Å². The summed E-state index contributed by atoms with van der Waals surface area (Å²) in [7, 11) is 0. The Labute approximate surface area is 158 Å². The molecule has 6 nitrogen and oxygen atoms in total. The molecule has 0 fully saturated rings. The highest BCUT2D eigenvalue weighted by Gasteiger charge is 2.27. The first-order valence-corrected chi connectivity index (χ1v) is 8.68. The second-order valence-electron chi connectivity index (χ2n) is 6.30. The Kier molecular flexibility index (Phi) is 9.50. The average molecular weight is 422 g/mol. The summed E-state index contributed by atoms with van der Waals surface area (Å²) in [4.78, 5) is 28.1. The Morgan fingerprint density at radius 3 is 2.46 bits per heavy atom. The molecule has 0 unspecified atom stereocenters. The van der Waals surface area contributed by atoms with Crippen molar-refractivity contribution in [3.8, 4) is 0 Å². The van der Waals surface area contributed by atoms with E-state index in [1.54, 1.807) is 12.3 Å². The number of nitrogens with zero attached hydrogens (tertiary/aromatic N) is 1. The molecule has 0 aliphatic rings. The molecule has 0 aromatic carbocycles. The van der Waals surface area contributed by atoms with Crippen LogP contribution in [0.5, 0.6) is 0 Å². The van der Waals surface area contributed by atoms with Gasteiger partial charge in [0.2, 0.25) is 0 Å². The Morgan fingerprint density at radius 2 is 1.96 bits per heavy atom. The molecule has 0 radical (unpaired) electrons. The fourth-order valence-electron chi connectivity index (χ4n) is 1.85. The van der Waals surface area contributed by atoms with Crippen molar-refractivity contribution in [1.82, 2.24) is 10.3 Å². The Balaban J connectivity index is 0.00000529. The third kappa shape index (κ3) is 7.17. The molecule has 1 N–H and O–H groups in total. The molecule has 0 spiro atoms. The first kappa shape index (κ1) is 22.9. The van der Waals surface area contributed by atoms with Crippen molar-refractivity contribution in [2.75, 3.05) is 6.61 Å². The molecule has 8 heteroatoms. The molecule has 1 aromatic rings. The average Bonchev–Trinajstić information content (AvgIpc) is 2.92. The molecule has 0 aliphatic heterocycles. The molecular formula is C16H26BrN2O4S-. The number of esters is 1. The van der Waals surface area contributed by atoms with Crippen LogP contribution in [0.25, 0.3) is 0 Å². The highest BCUT2D eigenvalue weighted by molar-refractivity contribution is 7.09. The Bertz CT molecular complexity index is 542. The largest absolute Gasteiger partial charge is 1.00 e. The van der Waals surface area contributed by atoms with Crippen LogP contribution < -0.4 is 22.3 Å². The summed E-state index contributed by atoms with van der Waals surface area (Å²) in [5.74, 6) is -0.293. The van der Waals surface area contributed by atoms with E-state index in [0.717, 1.165) is 6.42 Å². The number of nitrogens with one attached hydrogen (secondary N) is 1. The van der Waals surface area contributed by atoms with Gasteiger partial charge in [0, 0.05) is 5.38 Å². The van der Waals surface area contributed by atoms with E-state index < -0.39 is 17.7 Å². The maximum Gasteiger partial charge on any atom is 0.408 e. The van der Waals surface area contributed by atoms with Gasteiger partial charge in [0.1, 0.15) is 10.6 Å². The minimum atomic E-state index is -0.566. The lowest BCUT2D eigenvalue weighted by atomic mass is 10.00. The standard InChI is InChI=1S/C16H26N2O4S.BrH/c1-7-10(3)12(18-15(20)22-16(4,5)6)13-17-11(9-23-13)14(19)21-8-2;/h9-10,12H,7-8H2,1-6H3,(H,18,20);1H/p-1/t10-,12-;/m0./s1. The zero-order chi connectivity index (χ0) is 17.6. The lowest BCUT2D eigenvalue weighted by Gasteiger charge is -2.25. The normalized spacial score (nSPS) is 13.4. The minimum Gasteiger partial charge on any atom is -1.00 e. The van der Waals surface area contributed by atoms with Gasteiger partial charge in [-0.15, -0.1) is 11.3 Å². The highest BCUT2D eigenvalue weighted by atomic mass is 79.9. The topological polar surface area (TPSA) is 77.5 Å². The van der Waals surface area contributed by atoms with Crippen LogP contribution in [0, 0.1) is 5.92 Å². The van der Waals surface area contributed by atoms with Crippen LogP contribution in [0.2, 0.25) is 0 Å². The molecule has 138 valence electrons. The quantitative estimate of drug-likeness (QED) is 0.691. The summed E-state index contributed by atoms with van der Waals surface area (Å²) in [6.45, 7) is 11.5. The van der Waals surface area contributed by atoms with Gasteiger partial charge in [-0.2, -0.15) is 0 Å². The van der Waals surface area contributed by atoms with E-state index in [0.29, 0.717) is 11.6 Å². The lowest BCUT2D eigenvalue weighted by molar-refractivity contribution is -0.0000458. The summed E-state index contributed by atoms with van der Waals surface area (Å²) < 4.78 is 10.3. The molecule has 1 heterocycles. The number of thiazole rings is 1. The predicted molar refractivity (Wildman–Crippen MR) is 89.6 cm³/mol. The van der Waals surface area contributed by atoms with Crippen LogP contribution in [0.15, 0.2) is 5.38 Å². The van der Waals surface area contributed by atoms with E-state index in [4.69, 9.17) is 9.47 Å².